The molecule has 3 aromatic rings. The average molecular weight is 483 g/mol. The van der Waals surface area contributed by atoms with E-state index in [0.29, 0.717) is 15.8 Å². The van der Waals surface area contributed by atoms with Crippen LogP contribution in [0.5, 0.6) is 0 Å². The molecule has 0 aliphatic carbocycles. The normalized spacial score (nSPS) is 11.5. The lowest BCUT2D eigenvalue weighted by Crippen LogP contribution is -2.21. The first-order valence-electron chi connectivity index (χ1n) is 8.43. The number of nitrogens with one attached hydrogen (secondary N) is 1. The highest BCUT2D eigenvalue weighted by molar-refractivity contribution is 8.03. The Morgan fingerprint density at radius 2 is 1.79 bits per heavy atom. The van der Waals surface area contributed by atoms with E-state index >= 15 is 0 Å². The van der Waals surface area contributed by atoms with Gasteiger partial charge in [-0.25, -0.2) is 5.43 Å². The third-order valence-corrected chi connectivity index (χ3v) is 7.61. The summed E-state index contributed by atoms with van der Waals surface area (Å²) in [6, 6.07) is 15.4. The molecule has 10 heteroatoms. The fourth-order valence-corrected chi connectivity index (χ4v) is 5.19. The number of nitrogens with zero attached hydrogens (tertiary/aromatic N) is 3. The summed E-state index contributed by atoms with van der Waals surface area (Å²) in [4.78, 5) is 12.1. The number of halogens is 2. The van der Waals surface area contributed by atoms with Crippen LogP contribution in [0.1, 0.15) is 18.1 Å². The molecule has 0 unspecified atom stereocenters. The van der Waals surface area contributed by atoms with Crippen LogP contribution in [0.15, 0.2) is 62.3 Å². The van der Waals surface area contributed by atoms with Crippen molar-refractivity contribution < 1.29 is 4.79 Å². The Bertz CT molecular complexity index is 1010. The molecule has 1 N–H and O–H groups in total. The number of hydrazone groups is 1. The van der Waals surface area contributed by atoms with Gasteiger partial charge < -0.3 is 0 Å². The lowest BCUT2D eigenvalue weighted by atomic mass is 10.1. The molecule has 0 aliphatic heterocycles. The minimum absolute atomic E-state index is 0.205. The maximum absolute atomic E-state index is 12.1. The zero-order valence-corrected chi connectivity index (χ0v) is 19.2. The highest BCUT2D eigenvalue weighted by Crippen LogP contribution is 2.30. The van der Waals surface area contributed by atoms with Gasteiger partial charge in [-0.15, -0.1) is 10.2 Å². The number of rotatable bonds is 8. The van der Waals surface area contributed by atoms with Crippen molar-refractivity contribution in [3.05, 3.63) is 69.7 Å². The molecule has 150 valence electrons. The molecule has 1 heterocycles. The first-order chi connectivity index (χ1) is 14.0. The first-order valence-corrected chi connectivity index (χ1v) is 12.0. The fraction of sp³-hybridized carbons (Fsp3) is 0.158. The molecule has 0 saturated carbocycles. The predicted octanol–water partition coefficient (Wildman–Crippen LogP) is 5.77. The van der Waals surface area contributed by atoms with Crippen molar-refractivity contribution in [2.24, 2.45) is 5.10 Å². The number of hydrogen-bond acceptors (Lipinski definition) is 7. The van der Waals surface area contributed by atoms with E-state index < -0.39 is 0 Å². The van der Waals surface area contributed by atoms with Crippen LogP contribution in [0.4, 0.5) is 0 Å². The summed E-state index contributed by atoms with van der Waals surface area (Å²) in [6.07, 6.45) is 0. The lowest BCUT2D eigenvalue weighted by molar-refractivity contribution is -0.118. The molecule has 0 bridgehead atoms. The number of thioether (sulfide) groups is 2. The summed E-state index contributed by atoms with van der Waals surface area (Å²) in [5.74, 6) is 0.822. The van der Waals surface area contributed by atoms with Gasteiger partial charge in [0, 0.05) is 5.75 Å². The second-order valence-electron chi connectivity index (χ2n) is 5.76. The third kappa shape index (κ3) is 7.01. The molecule has 0 spiro atoms. The lowest BCUT2D eigenvalue weighted by Gasteiger charge is -2.04. The summed E-state index contributed by atoms with van der Waals surface area (Å²) >= 11 is 16.4. The second-order valence-corrected chi connectivity index (χ2v) is 9.99. The Balaban J connectivity index is 1.45. The van der Waals surface area contributed by atoms with Crippen LogP contribution in [0, 0.1) is 0 Å². The summed E-state index contributed by atoms with van der Waals surface area (Å²) in [6.45, 7) is 1.79. The van der Waals surface area contributed by atoms with E-state index in [2.05, 4.69) is 32.9 Å². The average Bonchev–Trinajstić information content (AvgIpc) is 3.19. The monoisotopic (exact) mass is 482 g/mol. The predicted molar refractivity (Wildman–Crippen MR) is 123 cm³/mol. The van der Waals surface area contributed by atoms with E-state index in [1.165, 1.54) is 28.7 Å². The van der Waals surface area contributed by atoms with E-state index in [0.717, 1.165) is 20.0 Å². The topological polar surface area (TPSA) is 67.2 Å². The van der Waals surface area contributed by atoms with Gasteiger partial charge in [0.15, 0.2) is 8.68 Å². The Hall–Kier alpha value is -1.58. The smallest absolute Gasteiger partial charge is 0.250 e. The van der Waals surface area contributed by atoms with Crippen LogP contribution >= 0.6 is 58.1 Å². The molecule has 1 amide bonds. The van der Waals surface area contributed by atoms with E-state index in [-0.39, 0.29) is 11.7 Å². The van der Waals surface area contributed by atoms with E-state index in [4.69, 9.17) is 23.2 Å². The van der Waals surface area contributed by atoms with Gasteiger partial charge in [0.05, 0.1) is 21.5 Å². The van der Waals surface area contributed by atoms with Crippen molar-refractivity contribution in [1.82, 2.24) is 15.6 Å². The quantitative estimate of drug-likeness (QED) is 0.250. The highest BCUT2D eigenvalue weighted by atomic mass is 35.5. The Labute approximate surface area is 191 Å². The molecular formula is C19H16Cl2N4OS3. The maximum atomic E-state index is 12.1. The fourth-order valence-electron chi connectivity index (χ4n) is 2.12. The van der Waals surface area contributed by atoms with Gasteiger partial charge >= 0.3 is 0 Å². The van der Waals surface area contributed by atoms with Crippen LogP contribution in [-0.2, 0) is 10.5 Å². The van der Waals surface area contributed by atoms with Crippen molar-refractivity contribution in [2.75, 3.05) is 5.75 Å². The van der Waals surface area contributed by atoms with Crippen LogP contribution in [-0.4, -0.2) is 27.6 Å². The summed E-state index contributed by atoms with van der Waals surface area (Å²) < 4.78 is 1.63. The van der Waals surface area contributed by atoms with E-state index in [1.807, 2.05) is 18.2 Å². The van der Waals surface area contributed by atoms with Gasteiger partial charge in [0.25, 0.3) is 5.91 Å². The molecule has 0 saturated heterocycles. The number of carbonyl (C=O) groups is 1. The molecule has 3 rings (SSSR count). The van der Waals surface area contributed by atoms with Crippen LogP contribution in [0.2, 0.25) is 10.0 Å². The van der Waals surface area contributed by atoms with Gasteiger partial charge in [0.2, 0.25) is 0 Å². The van der Waals surface area contributed by atoms with E-state index in [9.17, 15) is 4.79 Å². The molecule has 2 aromatic carbocycles. The SMILES string of the molecule is C/C(=N\NC(=O)CSc1nnc(SCc2ccccc2)s1)c1ccc(Cl)c(Cl)c1. The molecule has 0 atom stereocenters. The van der Waals surface area contributed by atoms with Crippen LogP contribution < -0.4 is 5.43 Å². The van der Waals surface area contributed by atoms with Gasteiger partial charge in [-0.3, -0.25) is 4.79 Å². The van der Waals surface area contributed by atoms with Gasteiger partial charge in [-0.2, -0.15) is 5.10 Å². The standard InChI is InChI=1S/C19H16Cl2N4OS3/c1-12(14-7-8-15(20)16(21)9-14)22-23-17(26)11-28-19-25-24-18(29-19)27-10-13-5-3-2-4-6-13/h2-9H,10-11H2,1H3,(H,23,26)/b22-12+. The molecule has 0 radical (unpaired) electrons. The van der Waals surface area contributed by atoms with Crippen molar-refractivity contribution in [2.45, 2.75) is 21.4 Å². The van der Waals surface area contributed by atoms with Crippen molar-refractivity contribution >= 4 is 69.7 Å². The van der Waals surface area contributed by atoms with Gasteiger partial charge in [-0.05, 0) is 30.2 Å². The molecule has 0 fully saturated rings. The number of carbonyl (C=O) groups excluding carboxylic acids is 1. The second kappa shape index (κ2) is 11.0. The maximum Gasteiger partial charge on any atom is 0.250 e. The van der Waals surface area contributed by atoms with Gasteiger partial charge in [-0.1, -0.05) is 94.5 Å². The molecule has 1 aromatic heterocycles. The van der Waals surface area contributed by atoms with Crippen molar-refractivity contribution in [3.8, 4) is 0 Å². The van der Waals surface area contributed by atoms with Crippen molar-refractivity contribution in [3.63, 3.8) is 0 Å². The van der Waals surface area contributed by atoms with Crippen molar-refractivity contribution in [1.29, 1.82) is 0 Å². The summed E-state index contributed by atoms with van der Waals surface area (Å²) in [5, 5.41) is 13.3. The van der Waals surface area contributed by atoms with E-state index in [1.54, 1.807) is 36.9 Å². The third-order valence-electron chi connectivity index (χ3n) is 3.61. The van der Waals surface area contributed by atoms with Crippen LogP contribution in [0.3, 0.4) is 0 Å². The number of amides is 1. The zero-order valence-electron chi connectivity index (χ0n) is 15.3. The molecular weight excluding hydrogens is 467 g/mol. The minimum Gasteiger partial charge on any atom is -0.272 e. The Morgan fingerprint density at radius 1 is 1.07 bits per heavy atom. The zero-order chi connectivity index (χ0) is 20.6. The summed E-state index contributed by atoms with van der Waals surface area (Å²) in [7, 11) is 0. The molecule has 5 nitrogen and oxygen atoms in total. The van der Waals surface area contributed by atoms with Gasteiger partial charge in [0.1, 0.15) is 0 Å². The minimum atomic E-state index is -0.219. The molecule has 29 heavy (non-hydrogen) atoms. The summed E-state index contributed by atoms with van der Waals surface area (Å²) in [5.41, 5.74) is 5.20. The highest BCUT2D eigenvalue weighted by Gasteiger charge is 2.09. The Kier molecular flexibility index (Phi) is 8.38. The molecule has 0 aliphatic rings. The largest absolute Gasteiger partial charge is 0.272 e. The number of aromatic nitrogens is 2. The van der Waals surface area contributed by atoms with Crippen LogP contribution in [0.25, 0.3) is 0 Å². The Morgan fingerprint density at radius 3 is 2.52 bits per heavy atom. The first kappa shape index (κ1) is 22.1. The number of benzene rings is 2. The number of hydrogen-bond donors (Lipinski definition) is 1.